The fraction of sp³-hybridized carbons (Fsp3) is 0.273. The van der Waals surface area contributed by atoms with Gasteiger partial charge in [0, 0.05) is 60.0 Å². The SMILES string of the molecule is CCNc1cc2c(cc1C)C1(c3ccccc3CN1c1ccc(OC)cc1)c1cc(C)c(NCC)cc1O2. The maximum Gasteiger partial charge on any atom is 0.135 e. The van der Waals surface area contributed by atoms with Gasteiger partial charge in [0.05, 0.1) is 7.11 Å². The number of methoxy groups -OCH3 is 1. The van der Waals surface area contributed by atoms with Crippen LogP contribution in [0.4, 0.5) is 17.1 Å². The van der Waals surface area contributed by atoms with E-state index in [2.05, 4.69) is 104 Å². The predicted octanol–water partition coefficient (Wildman–Crippen LogP) is 7.59. The van der Waals surface area contributed by atoms with Crippen molar-refractivity contribution in [1.29, 1.82) is 0 Å². The summed E-state index contributed by atoms with van der Waals surface area (Å²) >= 11 is 0. The quantitative estimate of drug-likeness (QED) is 0.283. The zero-order valence-electron chi connectivity index (χ0n) is 22.8. The minimum Gasteiger partial charge on any atom is -0.497 e. The van der Waals surface area contributed by atoms with E-state index in [0.717, 1.165) is 53.9 Å². The highest BCUT2D eigenvalue weighted by atomic mass is 16.5. The minimum atomic E-state index is -0.543. The van der Waals surface area contributed by atoms with Crippen LogP contribution < -0.4 is 25.0 Å². The molecule has 0 atom stereocenters. The Morgan fingerprint density at radius 1 is 0.789 bits per heavy atom. The second-order valence-electron chi connectivity index (χ2n) is 10.1. The smallest absolute Gasteiger partial charge is 0.135 e. The average molecular weight is 506 g/mol. The standard InChI is InChI=1S/C33H35N3O2/c1-6-34-29-18-31-27(16-21(29)3)33(28-17-22(4)30(35-7-2)19-32(28)38-31)26-11-9-8-10-23(26)20-36(33)24-12-14-25(37-5)15-13-24/h8-19,34-35H,6-7,20H2,1-5H3. The van der Waals surface area contributed by atoms with E-state index >= 15 is 0 Å². The highest BCUT2D eigenvalue weighted by molar-refractivity contribution is 5.78. The Morgan fingerprint density at radius 3 is 1.92 bits per heavy atom. The van der Waals surface area contributed by atoms with Crippen molar-refractivity contribution in [2.45, 2.75) is 39.8 Å². The summed E-state index contributed by atoms with van der Waals surface area (Å²) in [7, 11) is 1.71. The van der Waals surface area contributed by atoms with Crippen LogP contribution in [-0.4, -0.2) is 20.2 Å². The Balaban J connectivity index is 1.70. The monoisotopic (exact) mass is 505 g/mol. The first-order valence-electron chi connectivity index (χ1n) is 13.5. The van der Waals surface area contributed by atoms with Gasteiger partial charge < -0.3 is 25.0 Å². The fourth-order valence-electron chi connectivity index (χ4n) is 6.21. The molecule has 2 aliphatic rings. The number of ether oxygens (including phenoxy) is 2. The molecule has 5 heteroatoms. The van der Waals surface area contributed by atoms with Gasteiger partial charge >= 0.3 is 0 Å². The molecule has 0 saturated heterocycles. The number of hydrogen-bond donors (Lipinski definition) is 2. The number of rotatable bonds is 6. The highest BCUT2D eigenvalue weighted by Crippen LogP contribution is 2.59. The van der Waals surface area contributed by atoms with Crippen molar-refractivity contribution in [3.63, 3.8) is 0 Å². The number of nitrogens with one attached hydrogen (secondary N) is 2. The first-order valence-corrected chi connectivity index (χ1v) is 13.5. The predicted molar refractivity (Wildman–Crippen MR) is 156 cm³/mol. The fourth-order valence-corrected chi connectivity index (χ4v) is 6.21. The van der Waals surface area contributed by atoms with Crippen molar-refractivity contribution in [3.05, 3.63) is 106 Å². The lowest BCUT2D eigenvalue weighted by Crippen LogP contribution is -2.45. The molecule has 0 amide bonds. The summed E-state index contributed by atoms with van der Waals surface area (Å²) in [6, 6.07) is 26.3. The van der Waals surface area contributed by atoms with E-state index in [1.807, 2.05) is 12.1 Å². The lowest BCUT2D eigenvalue weighted by molar-refractivity contribution is 0.412. The normalized spacial score (nSPS) is 14.4. The van der Waals surface area contributed by atoms with Gasteiger partial charge in [0.2, 0.25) is 0 Å². The van der Waals surface area contributed by atoms with Gasteiger partial charge in [0.15, 0.2) is 0 Å². The molecule has 0 radical (unpaired) electrons. The van der Waals surface area contributed by atoms with Gasteiger partial charge in [-0.25, -0.2) is 0 Å². The van der Waals surface area contributed by atoms with Crippen molar-refractivity contribution in [2.24, 2.45) is 0 Å². The molecule has 194 valence electrons. The molecular formula is C33H35N3O2. The van der Waals surface area contributed by atoms with E-state index in [4.69, 9.17) is 9.47 Å². The summed E-state index contributed by atoms with van der Waals surface area (Å²) in [5, 5.41) is 7.05. The van der Waals surface area contributed by atoms with Gasteiger partial charge in [0.1, 0.15) is 22.8 Å². The molecule has 1 spiro atoms. The Morgan fingerprint density at radius 2 is 1.37 bits per heavy atom. The molecule has 2 heterocycles. The van der Waals surface area contributed by atoms with E-state index in [0.29, 0.717) is 0 Å². The van der Waals surface area contributed by atoms with E-state index in [1.165, 1.54) is 33.4 Å². The van der Waals surface area contributed by atoms with Gasteiger partial charge in [0.25, 0.3) is 0 Å². The van der Waals surface area contributed by atoms with Gasteiger partial charge in [-0.1, -0.05) is 24.3 Å². The van der Waals surface area contributed by atoms with Crippen molar-refractivity contribution in [3.8, 4) is 17.2 Å². The molecule has 0 aliphatic carbocycles. The van der Waals surface area contributed by atoms with Crippen molar-refractivity contribution < 1.29 is 9.47 Å². The van der Waals surface area contributed by atoms with Gasteiger partial charge in [-0.05, 0) is 86.3 Å². The van der Waals surface area contributed by atoms with Crippen LogP contribution in [-0.2, 0) is 12.1 Å². The van der Waals surface area contributed by atoms with Gasteiger partial charge in [-0.2, -0.15) is 0 Å². The summed E-state index contributed by atoms with van der Waals surface area (Å²) < 4.78 is 12.3. The lowest BCUT2D eigenvalue weighted by atomic mass is 9.73. The van der Waals surface area contributed by atoms with E-state index in [1.54, 1.807) is 7.11 Å². The highest BCUT2D eigenvalue weighted by Gasteiger charge is 2.53. The number of aryl methyl sites for hydroxylation is 2. The molecule has 0 saturated carbocycles. The molecule has 0 bridgehead atoms. The minimum absolute atomic E-state index is 0.543. The van der Waals surface area contributed by atoms with E-state index in [9.17, 15) is 0 Å². The summed E-state index contributed by atoms with van der Waals surface area (Å²) in [6.45, 7) is 11.1. The van der Waals surface area contributed by atoms with E-state index in [-0.39, 0.29) is 0 Å². The van der Waals surface area contributed by atoms with Gasteiger partial charge in [-0.15, -0.1) is 0 Å². The molecule has 0 aromatic heterocycles. The molecule has 4 aromatic carbocycles. The van der Waals surface area contributed by atoms with Crippen LogP contribution in [0.3, 0.4) is 0 Å². The number of nitrogens with zero attached hydrogens (tertiary/aromatic N) is 1. The van der Waals surface area contributed by atoms with Crippen LogP contribution in [0, 0.1) is 13.8 Å². The summed E-state index contributed by atoms with van der Waals surface area (Å²) in [5.41, 5.74) is 10.2. The molecule has 4 aromatic rings. The first-order chi connectivity index (χ1) is 18.5. The summed E-state index contributed by atoms with van der Waals surface area (Å²) in [4.78, 5) is 2.54. The maximum atomic E-state index is 6.76. The largest absolute Gasteiger partial charge is 0.497 e. The molecule has 5 nitrogen and oxygen atoms in total. The third-order valence-electron chi connectivity index (χ3n) is 7.91. The second kappa shape index (κ2) is 9.32. The molecule has 6 rings (SSSR count). The van der Waals surface area contributed by atoms with Crippen molar-refractivity contribution in [2.75, 3.05) is 35.7 Å². The van der Waals surface area contributed by atoms with Crippen LogP contribution >= 0.6 is 0 Å². The zero-order valence-corrected chi connectivity index (χ0v) is 22.8. The maximum absolute atomic E-state index is 6.76. The van der Waals surface area contributed by atoms with E-state index < -0.39 is 5.54 Å². The van der Waals surface area contributed by atoms with Crippen LogP contribution in [0.15, 0.2) is 72.8 Å². The Kier molecular flexibility index (Phi) is 5.94. The number of anilines is 3. The van der Waals surface area contributed by atoms with Crippen LogP contribution in [0.2, 0.25) is 0 Å². The molecule has 0 fully saturated rings. The van der Waals surface area contributed by atoms with Crippen molar-refractivity contribution in [1.82, 2.24) is 0 Å². The number of fused-ring (bicyclic) bond motifs is 6. The second-order valence-corrected chi connectivity index (χ2v) is 10.1. The zero-order chi connectivity index (χ0) is 26.4. The Hall–Kier alpha value is -4.12. The average Bonchev–Trinajstić information content (AvgIpc) is 3.27. The molecule has 38 heavy (non-hydrogen) atoms. The lowest BCUT2D eigenvalue weighted by Gasteiger charge is -2.46. The Bertz CT molecular complexity index is 1450. The molecule has 2 aliphatic heterocycles. The topological polar surface area (TPSA) is 45.8 Å². The molecule has 0 unspecified atom stereocenters. The van der Waals surface area contributed by atoms with Crippen LogP contribution in [0.1, 0.15) is 47.2 Å². The van der Waals surface area contributed by atoms with Crippen LogP contribution in [0.25, 0.3) is 0 Å². The Labute approximate surface area is 225 Å². The van der Waals surface area contributed by atoms with Gasteiger partial charge in [-0.3, -0.25) is 0 Å². The summed E-state index contributed by atoms with van der Waals surface area (Å²) in [6.07, 6.45) is 0. The number of hydrogen-bond acceptors (Lipinski definition) is 5. The van der Waals surface area contributed by atoms with Crippen LogP contribution in [0.5, 0.6) is 17.2 Å². The summed E-state index contributed by atoms with van der Waals surface area (Å²) in [5.74, 6) is 2.63. The third-order valence-corrected chi connectivity index (χ3v) is 7.91. The first kappa shape index (κ1) is 24.2. The van der Waals surface area contributed by atoms with Crippen molar-refractivity contribution >= 4 is 17.1 Å². The molecular weight excluding hydrogens is 470 g/mol. The number of benzene rings is 4. The molecule has 2 N–H and O–H groups in total. The third kappa shape index (κ3) is 3.52.